The van der Waals surface area contributed by atoms with E-state index in [1.54, 1.807) is 26.2 Å². The van der Waals surface area contributed by atoms with Gasteiger partial charge in [0, 0.05) is 5.92 Å². The number of benzene rings is 2. The lowest BCUT2D eigenvalue weighted by Crippen LogP contribution is -2.43. The Morgan fingerprint density at radius 2 is 1.48 bits per heavy atom. The van der Waals surface area contributed by atoms with E-state index in [9.17, 15) is 19.5 Å². The molecule has 2 rings (SSSR count). The summed E-state index contributed by atoms with van der Waals surface area (Å²) in [5.74, 6) is -4.39. The highest BCUT2D eigenvalue weighted by Crippen LogP contribution is 2.28. The minimum atomic E-state index is -1.93. The molecule has 1 N–H and O–H groups in total. The Bertz CT molecular complexity index is 859. The monoisotopic (exact) mass is 374 g/mol. The Hall–Kier alpha value is -2.93. The van der Waals surface area contributed by atoms with Crippen molar-refractivity contribution in [1.29, 1.82) is 0 Å². The van der Waals surface area contributed by atoms with E-state index in [2.05, 4.69) is 9.47 Å². The van der Waals surface area contributed by atoms with Gasteiger partial charge in [-0.3, -0.25) is 9.59 Å². The van der Waals surface area contributed by atoms with Gasteiger partial charge < -0.3 is 19.3 Å². The van der Waals surface area contributed by atoms with Crippen LogP contribution in [0.2, 0.25) is 0 Å². The van der Waals surface area contributed by atoms with Gasteiger partial charge in [-0.15, -0.1) is 0 Å². The predicted octanol–water partition coefficient (Wildman–Crippen LogP) is 1.84. The number of methoxy groups -OCH3 is 3. The number of esters is 2. The molecule has 1 unspecified atom stereocenters. The maximum Gasteiger partial charge on any atom is 0.336 e. The van der Waals surface area contributed by atoms with Crippen molar-refractivity contribution in [1.82, 2.24) is 0 Å². The lowest BCUT2D eigenvalue weighted by molar-refractivity contribution is -0.166. The highest BCUT2D eigenvalue weighted by atomic mass is 16.5. The number of carbonyl (C=O) groups is 3. The summed E-state index contributed by atoms with van der Waals surface area (Å²) in [6, 6.07) is 10.9. The molecule has 0 bridgehead atoms. The second-order valence-corrected chi connectivity index (χ2v) is 6.07. The van der Waals surface area contributed by atoms with Gasteiger partial charge in [0.15, 0.2) is 17.8 Å². The van der Waals surface area contributed by atoms with E-state index in [0.717, 1.165) is 25.0 Å². The van der Waals surface area contributed by atoms with Crippen LogP contribution in [0.25, 0.3) is 10.8 Å². The molecule has 27 heavy (non-hydrogen) atoms. The molecule has 0 aliphatic heterocycles. The molecule has 0 saturated heterocycles. The fraction of sp³-hybridized carbons (Fsp3) is 0.350. The number of ketones is 1. The summed E-state index contributed by atoms with van der Waals surface area (Å²) in [6.07, 6.45) is -1.93. The fourth-order valence-electron chi connectivity index (χ4n) is 2.86. The number of ether oxygens (including phenoxy) is 3. The lowest BCUT2D eigenvalue weighted by Gasteiger charge is -2.21. The first-order valence-corrected chi connectivity index (χ1v) is 8.29. The van der Waals surface area contributed by atoms with Gasteiger partial charge in [-0.25, -0.2) is 4.79 Å². The minimum Gasteiger partial charge on any atom is -0.497 e. The van der Waals surface area contributed by atoms with Crippen LogP contribution in [0.3, 0.4) is 0 Å². The van der Waals surface area contributed by atoms with E-state index >= 15 is 0 Å². The van der Waals surface area contributed by atoms with Gasteiger partial charge >= 0.3 is 11.9 Å². The van der Waals surface area contributed by atoms with Crippen molar-refractivity contribution < 1.29 is 33.7 Å². The highest BCUT2D eigenvalue weighted by molar-refractivity contribution is 6.06. The molecule has 0 aromatic heterocycles. The van der Waals surface area contributed by atoms with Gasteiger partial charge in [0.25, 0.3) is 0 Å². The molecule has 0 saturated carbocycles. The molecule has 144 valence electrons. The van der Waals surface area contributed by atoms with Gasteiger partial charge in [0.2, 0.25) is 0 Å². The molecule has 0 amide bonds. The second kappa shape index (κ2) is 8.64. The van der Waals surface area contributed by atoms with Crippen molar-refractivity contribution >= 4 is 28.5 Å². The van der Waals surface area contributed by atoms with Gasteiger partial charge in [-0.1, -0.05) is 31.2 Å². The van der Waals surface area contributed by atoms with Gasteiger partial charge in [-0.2, -0.15) is 0 Å². The van der Waals surface area contributed by atoms with Crippen molar-refractivity contribution in [2.75, 3.05) is 21.3 Å². The first kappa shape index (κ1) is 20.4. The molecule has 0 radical (unpaired) electrons. The summed E-state index contributed by atoms with van der Waals surface area (Å²) < 4.78 is 14.2. The molecular weight excluding hydrogens is 352 g/mol. The van der Waals surface area contributed by atoms with Gasteiger partial charge in [0.05, 0.1) is 21.3 Å². The molecule has 0 fully saturated rings. The Labute approximate surface area is 156 Å². The molecule has 2 aromatic rings. The number of carbonyl (C=O) groups excluding carboxylic acids is 3. The highest BCUT2D eigenvalue weighted by Gasteiger charge is 2.41. The molecular formula is C20H22O7. The maximum atomic E-state index is 12.9. The predicted molar refractivity (Wildman–Crippen MR) is 97.5 cm³/mol. The SMILES string of the molecule is COC(=O)[C@@H](C(=O)C(C)c1ccc2cc(OC)ccc2c1)[C@@H](O)C(=O)OC. The van der Waals surface area contributed by atoms with Crippen molar-refractivity contribution in [2.45, 2.75) is 18.9 Å². The third-order valence-corrected chi connectivity index (χ3v) is 4.52. The number of rotatable bonds is 7. The summed E-state index contributed by atoms with van der Waals surface area (Å²) in [7, 11) is 3.72. The molecule has 3 atom stereocenters. The average molecular weight is 374 g/mol. The molecule has 0 spiro atoms. The topological polar surface area (TPSA) is 99.1 Å². The van der Waals surface area contributed by atoms with Crippen LogP contribution in [0.4, 0.5) is 0 Å². The summed E-state index contributed by atoms with van der Waals surface area (Å²) in [5, 5.41) is 11.9. The van der Waals surface area contributed by atoms with Crippen LogP contribution in [0.5, 0.6) is 5.75 Å². The van der Waals surface area contributed by atoms with E-state index in [1.165, 1.54) is 0 Å². The van der Waals surface area contributed by atoms with Crippen LogP contribution < -0.4 is 4.74 Å². The van der Waals surface area contributed by atoms with Gasteiger partial charge in [0.1, 0.15) is 5.75 Å². The van der Waals surface area contributed by atoms with Crippen LogP contribution in [0.15, 0.2) is 36.4 Å². The number of hydrogen-bond acceptors (Lipinski definition) is 7. The van der Waals surface area contributed by atoms with Crippen LogP contribution >= 0.6 is 0 Å². The van der Waals surface area contributed by atoms with Crippen molar-refractivity contribution in [3.63, 3.8) is 0 Å². The third-order valence-electron chi connectivity index (χ3n) is 4.52. The van der Waals surface area contributed by atoms with Crippen molar-refractivity contribution in [2.24, 2.45) is 5.92 Å². The first-order valence-electron chi connectivity index (χ1n) is 8.29. The zero-order valence-corrected chi connectivity index (χ0v) is 15.6. The standard InChI is InChI=1S/C20H22O7/c1-11(17(21)16(19(23)26-3)18(22)20(24)27-4)12-5-6-14-10-15(25-2)8-7-13(14)9-12/h5-11,16,18,22H,1-4H3/t11?,16-,18+/m0/s1. The van der Waals surface area contributed by atoms with E-state index in [0.29, 0.717) is 11.3 Å². The smallest absolute Gasteiger partial charge is 0.336 e. The van der Waals surface area contributed by atoms with Crippen LogP contribution in [-0.2, 0) is 23.9 Å². The first-order chi connectivity index (χ1) is 12.8. The summed E-state index contributed by atoms with van der Waals surface area (Å²) in [6.45, 7) is 1.60. The van der Waals surface area contributed by atoms with E-state index in [1.807, 2.05) is 24.3 Å². The zero-order valence-electron chi connectivity index (χ0n) is 15.6. The Morgan fingerprint density at radius 1 is 0.889 bits per heavy atom. The van der Waals surface area contributed by atoms with E-state index < -0.39 is 35.7 Å². The zero-order chi connectivity index (χ0) is 20.1. The van der Waals surface area contributed by atoms with Crippen molar-refractivity contribution in [3.05, 3.63) is 42.0 Å². The number of hydrogen-bond donors (Lipinski definition) is 1. The molecule has 7 heteroatoms. The molecule has 0 aliphatic rings. The van der Waals surface area contributed by atoms with E-state index in [4.69, 9.17) is 4.74 Å². The molecule has 0 aliphatic carbocycles. The minimum absolute atomic E-state index is 0.632. The quantitative estimate of drug-likeness (QED) is 0.583. The maximum absolute atomic E-state index is 12.9. The summed E-state index contributed by atoms with van der Waals surface area (Å²) >= 11 is 0. The summed E-state index contributed by atoms with van der Waals surface area (Å²) in [5.41, 5.74) is 0.642. The van der Waals surface area contributed by atoms with Crippen molar-refractivity contribution in [3.8, 4) is 5.75 Å². The largest absolute Gasteiger partial charge is 0.497 e. The number of aliphatic hydroxyl groups is 1. The lowest BCUT2D eigenvalue weighted by atomic mass is 9.85. The second-order valence-electron chi connectivity index (χ2n) is 6.07. The Kier molecular flexibility index (Phi) is 6.52. The summed E-state index contributed by atoms with van der Waals surface area (Å²) in [4.78, 5) is 36.5. The Balaban J connectivity index is 2.36. The number of Topliss-reactive ketones (excluding diaryl/α,β-unsaturated/α-hetero) is 1. The number of aliphatic hydroxyl groups excluding tert-OH is 1. The van der Waals surface area contributed by atoms with Gasteiger partial charge in [-0.05, 0) is 28.5 Å². The normalized spacial score (nSPS) is 14.1. The fourth-order valence-corrected chi connectivity index (χ4v) is 2.86. The van der Waals surface area contributed by atoms with Crippen LogP contribution in [0.1, 0.15) is 18.4 Å². The molecule has 0 heterocycles. The van der Waals surface area contributed by atoms with E-state index in [-0.39, 0.29) is 0 Å². The average Bonchev–Trinajstić information content (AvgIpc) is 2.71. The Morgan fingerprint density at radius 3 is 2.07 bits per heavy atom. The molecule has 2 aromatic carbocycles. The van der Waals surface area contributed by atoms with Crippen LogP contribution in [0, 0.1) is 5.92 Å². The third kappa shape index (κ3) is 4.25. The molecule has 7 nitrogen and oxygen atoms in total. The van der Waals surface area contributed by atoms with Crippen LogP contribution in [-0.4, -0.2) is 50.3 Å². The number of fused-ring (bicyclic) bond motifs is 1.